The number of halogens is 1. The van der Waals surface area contributed by atoms with Crippen molar-refractivity contribution in [2.24, 2.45) is 11.3 Å². The lowest BCUT2D eigenvalue weighted by molar-refractivity contribution is 0.0864. The first-order chi connectivity index (χ1) is 7.28. The molecule has 15 heavy (non-hydrogen) atoms. The van der Waals surface area contributed by atoms with Gasteiger partial charge in [-0.05, 0) is 54.8 Å². The number of nitrogens with one attached hydrogen (secondary N) is 1. The molecule has 2 heteroatoms. The van der Waals surface area contributed by atoms with Gasteiger partial charge in [-0.2, -0.15) is 0 Å². The van der Waals surface area contributed by atoms with Crippen molar-refractivity contribution in [1.82, 2.24) is 5.32 Å². The minimum absolute atomic E-state index is 0.133. The molecule has 0 bridgehead atoms. The number of benzene rings is 1. The van der Waals surface area contributed by atoms with Crippen molar-refractivity contribution in [3.05, 3.63) is 35.6 Å². The lowest BCUT2D eigenvalue weighted by Crippen LogP contribution is -2.41. The Labute approximate surface area is 89.7 Å². The molecule has 0 radical (unpaired) electrons. The standard InChI is InChI=1S/C13H16FN/c14-12-3-1-10(2-4-12)7-13-6-5-11(13)8-15-9-13/h1-4,11,15H,5-9H2. The van der Waals surface area contributed by atoms with Crippen LogP contribution in [0.15, 0.2) is 24.3 Å². The molecule has 2 atom stereocenters. The van der Waals surface area contributed by atoms with Crippen LogP contribution in [0.25, 0.3) is 0 Å². The minimum Gasteiger partial charge on any atom is -0.316 e. The summed E-state index contributed by atoms with van der Waals surface area (Å²) < 4.78 is 12.8. The molecule has 1 aliphatic heterocycles. The van der Waals surface area contributed by atoms with Gasteiger partial charge in [-0.15, -0.1) is 0 Å². The van der Waals surface area contributed by atoms with Gasteiger partial charge in [0.05, 0.1) is 0 Å². The Balaban J connectivity index is 1.77. The van der Waals surface area contributed by atoms with Gasteiger partial charge >= 0.3 is 0 Å². The van der Waals surface area contributed by atoms with Crippen molar-refractivity contribution >= 4 is 0 Å². The molecule has 1 N–H and O–H groups in total. The fraction of sp³-hybridized carbons (Fsp3) is 0.538. The highest BCUT2D eigenvalue weighted by Gasteiger charge is 2.49. The van der Waals surface area contributed by atoms with Crippen LogP contribution >= 0.6 is 0 Å². The average molecular weight is 205 g/mol. The van der Waals surface area contributed by atoms with E-state index in [1.807, 2.05) is 12.1 Å². The number of rotatable bonds is 2. The maximum atomic E-state index is 12.8. The first-order valence-electron chi connectivity index (χ1n) is 5.74. The highest BCUT2D eigenvalue weighted by molar-refractivity contribution is 5.20. The van der Waals surface area contributed by atoms with Crippen molar-refractivity contribution in [3.63, 3.8) is 0 Å². The van der Waals surface area contributed by atoms with Crippen molar-refractivity contribution in [3.8, 4) is 0 Å². The molecule has 1 nitrogen and oxygen atoms in total. The Kier molecular flexibility index (Phi) is 2.06. The molecule has 2 fully saturated rings. The molecule has 1 saturated heterocycles. The van der Waals surface area contributed by atoms with E-state index in [9.17, 15) is 4.39 Å². The first kappa shape index (κ1) is 9.34. The second kappa shape index (κ2) is 3.31. The molecule has 1 saturated carbocycles. The summed E-state index contributed by atoms with van der Waals surface area (Å²) in [5, 5.41) is 3.48. The zero-order valence-corrected chi connectivity index (χ0v) is 8.80. The van der Waals surface area contributed by atoms with E-state index in [1.165, 1.54) is 24.9 Å². The Bertz CT molecular complexity index is 359. The third-order valence-electron chi connectivity index (χ3n) is 4.19. The molecule has 0 spiro atoms. The third kappa shape index (κ3) is 1.48. The monoisotopic (exact) mass is 205 g/mol. The molecule has 3 rings (SSSR count). The summed E-state index contributed by atoms with van der Waals surface area (Å²) in [5.74, 6) is 0.730. The molecule has 2 aliphatic rings. The molecule has 1 aromatic carbocycles. The van der Waals surface area contributed by atoms with Crippen molar-refractivity contribution in [1.29, 1.82) is 0 Å². The van der Waals surface area contributed by atoms with E-state index >= 15 is 0 Å². The predicted molar refractivity (Wildman–Crippen MR) is 58.1 cm³/mol. The molecule has 0 amide bonds. The average Bonchev–Trinajstić information content (AvgIpc) is 2.49. The molecular formula is C13H16FN. The van der Waals surface area contributed by atoms with E-state index in [0.29, 0.717) is 5.41 Å². The fourth-order valence-electron chi connectivity index (χ4n) is 3.11. The first-order valence-corrected chi connectivity index (χ1v) is 5.74. The van der Waals surface area contributed by atoms with E-state index in [2.05, 4.69) is 5.32 Å². The van der Waals surface area contributed by atoms with Gasteiger partial charge in [-0.1, -0.05) is 12.1 Å². The Morgan fingerprint density at radius 3 is 2.73 bits per heavy atom. The summed E-state index contributed by atoms with van der Waals surface area (Å²) in [6, 6.07) is 7.00. The van der Waals surface area contributed by atoms with Crippen LogP contribution in [0.1, 0.15) is 18.4 Å². The second-order valence-electron chi connectivity index (χ2n) is 5.03. The second-order valence-corrected chi connectivity index (χ2v) is 5.03. The topological polar surface area (TPSA) is 12.0 Å². The van der Waals surface area contributed by atoms with Crippen LogP contribution in [0.5, 0.6) is 0 Å². The zero-order chi connectivity index (χ0) is 10.3. The number of hydrogen-bond donors (Lipinski definition) is 1. The number of hydrogen-bond acceptors (Lipinski definition) is 1. The highest BCUT2D eigenvalue weighted by Crippen LogP contribution is 2.51. The largest absolute Gasteiger partial charge is 0.316 e. The van der Waals surface area contributed by atoms with Crippen LogP contribution in [0.2, 0.25) is 0 Å². The summed E-state index contributed by atoms with van der Waals surface area (Å²) >= 11 is 0. The molecular weight excluding hydrogens is 189 g/mol. The van der Waals surface area contributed by atoms with E-state index in [-0.39, 0.29) is 5.82 Å². The molecule has 1 heterocycles. The van der Waals surface area contributed by atoms with Crippen LogP contribution in [0.4, 0.5) is 4.39 Å². The Hall–Kier alpha value is -0.890. The van der Waals surface area contributed by atoms with Gasteiger partial charge in [0.15, 0.2) is 0 Å². The van der Waals surface area contributed by atoms with Gasteiger partial charge in [-0.25, -0.2) is 4.39 Å². The van der Waals surface area contributed by atoms with Gasteiger partial charge in [0.2, 0.25) is 0 Å². The smallest absolute Gasteiger partial charge is 0.123 e. The summed E-state index contributed by atoms with van der Waals surface area (Å²) in [6.45, 7) is 2.33. The summed E-state index contributed by atoms with van der Waals surface area (Å²) in [5.41, 5.74) is 1.78. The summed E-state index contributed by atoms with van der Waals surface area (Å²) in [7, 11) is 0. The zero-order valence-electron chi connectivity index (χ0n) is 8.80. The lowest BCUT2D eigenvalue weighted by atomic mass is 9.59. The van der Waals surface area contributed by atoms with E-state index in [0.717, 1.165) is 18.9 Å². The normalized spacial score (nSPS) is 33.5. The van der Waals surface area contributed by atoms with Gasteiger partial charge < -0.3 is 5.32 Å². The van der Waals surface area contributed by atoms with Gasteiger partial charge in [-0.3, -0.25) is 0 Å². The lowest BCUT2D eigenvalue weighted by Gasteiger charge is -2.44. The quantitative estimate of drug-likeness (QED) is 0.781. The van der Waals surface area contributed by atoms with E-state index in [4.69, 9.17) is 0 Å². The molecule has 1 aromatic rings. The Morgan fingerprint density at radius 1 is 1.33 bits per heavy atom. The highest BCUT2D eigenvalue weighted by atomic mass is 19.1. The van der Waals surface area contributed by atoms with Gasteiger partial charge in [0, 0.05) is 6.54 Å². The van der Waals surface area contributed by atoms with Crippen LogP contribution in [0.3, 0.4) is 0 Å². The van der Waals surface area contributed by atoms with Gasteiger partial charge in [0.1, 0.15) is 5.82 Å². The Morgan fingerprint density at radius 2 is 2.13 bits per heavy atom. The van der Waals surface area contributed by atoms with Crippen molar-refractivity contribution in [2.45, 2.75) is 19.3 Å². The summed E-state index contributed by atoms with van der Waals surface area (Å²) in [4.78, 5) is 0. The van der Waals surface area contributed by atoms with Crippen LogP contribution < -0.4 is 5.32 Å². The van der Waals surface area contributed by atoms with E-state index in [1.54, 1.807) is 12.1 Å². The fourth-order valence-corrected chi connectivity index (χ4v) is 3.11. The van der Waals surface area contributed by atoms with Crippen LogP contribution in [-0.4, -0.2) is 13.1 Å². The maximum Gasteiger partial charge on any atom is 0.123 e. The summed E-state index contributed by atoms with van der Waals surface area (Å²) in [6.07, 6.45) is 3.82. The molecule has 2 unspecified atom stereocenters. The van der Waals surface area contributed by atoms with Crippen molar-refractivity contribution < 1.29 is 4.39 Å². The van der Waals surface area contributed by atoms with Crippen LogP contribution in [-0.2, 0) is 6.42 Å². The minimum atomic E-state index is -0.133. The molecule has 80 valence electrons. The third-order valence-corrected chi connectivity index (χ3v) is 4.19. The van der Waals surface area contributed by atoms with Crippen LogP contribution in [0, 0.1) is 17.2 Å². The SMILES string of the molecule is Fc1ccc(CC23CCC2CNC3)cc1. The molecule has 0 aromatic heterocycles. The molecule has 1 aliphatic carbocycles. The van der Waals surface area contributed by atoms with Gasteiger partial charge in [0.25, 0.3) is 0 Å². The predicted octanol–water partition coefficient (Wildman–Crippen LogP) is 2.37. The number of fused-ring (bicyclic) bond motifs is 1. The van der Waals surface area contributed by atoms with Crippen molar-refractivity contribution in [2.75, 3.05) is 13.1 Å². The van der Waals surface area contributed by atoms with E-state index < -0.39 is 0 Å². The maximum absolute atomic E-state index is 12.8.